The predicted octanol–water partition coefficient (Wildman–Crippen LogP) is 5.55. The van der Waals surface area contributed by atoms with Crippen LogP contribution < -0.4 is 14.9 Å². The van der Waals surface area contributed by atoms with Crippen LogP contribution in [0.4, 0.5) is 5.69 Å². The highest BCUT2D eigenvalue weighted by molar-refractivity contribution is 14.1. The molecule has 0 spiro atoms. The van der Waals surface area contributed by atoms with E-state index in [-0.39, 0.29) is 18.2 Å². The molecule has 33 heavy (non-hydrogen) atoms. The second kappa shape index (κ2) is 11.9. The summed E-state index contributed by atoms with van der Waals surface area (Å²) in [5.74, 6) is 1.10. The van der Waals surface area contributed by atoms with Gasteiger partial charge in [-0.15, -0.1) is 0 Å². The molecule has 10 heteroatoms. The molecule has 170 valence electrons. The van der Waals surface area contributed by atoms with Crippen LogP contribution in [0.5, 0.6) is 11.5 Å². The SMILES string of the molecule is CCOc1ccc(C(=O)N/N=C/c2cc(I)c(OCc3ccc([N+](=O)[O-])cc3)c(I)c2)cc1. The van der Waals surface area contributed by atoms with Crippen molar-refractivity contribution in [1.82, 2.24) is 5.43 Å². The van der Waals surface area contributed by atoms with Crippen molar-refractivity contribution < 1.29 is 19.2 Å². The number of hydrazone groups is 1. The fraction of sp³-hybridized carbons (Fsp3) is 0.130. The van der Waals surface area contributed by atoms with Crippen LogP contribution in [-0.2, 0) is 6.61 Å². The lowest BCUT2D eigenvalue weighted by atomic mass is 10.2. The summed E-state index contributed by atoms with van der Waals surface area (Å²) in [6.45, 7) is 2.75. The number of halogens is 2. The number of nitro groups is 1. The summed E-state index contributed by atoms with van der Waals surface area (Å²) < 4.78 is 13.0. The number of carbonyl (C=O) groups excluding carboxylic acids is 1. The van der Waals surface area contributed by atoms with E-state index in [1.165, 1.54) is 12.1 Å². The summed E-state index contributed by atoms with van der Waals surface area (Å²) in [7, 11) is 0. The molecule has 3 rings (SSSR count). The average Bonchev–Trinajstić information content (AvgIpc) is 2.79. The molecule has 0 aliphatic heterocycles. The Morgan fingerprint density at radius 3 is 2.27 bits per heavy atom. The van der Waals surface area contributed by atoms with E-state index >= 15 is 0 Å². The van der Waals surface area contributed by atoms with Gasteiger partial charge in [-0.3, -0.25) is 14.9 Å². The third-order valence-electron chi connectivity index (χ3n) is 4.36. The zero-order valence-electron chi connectivity index (χ0n) is 17.5. The van der Waals surface area contributed by atoms with Crippen LogP contribution in [0.2, 0.25) is 0 Å². The van der Waals surface area contributed by atoms with Crippen molar-refractivity contribution in [3.05, 3.63) is 94.6 Å². The highest BCUT2D eigenvalue weighted by atomic mass is 127. The van der Waals surface area contributed by atoms with Gasteiger partial charge >= 0.3 is 0 Å². The van der Waals surface area contributed by atoms with Gasteiger partial charge in [-0.2, -0.15) is 5.10 Å². The van der Waals surface area contributed by atoms with Gasteiger partial charge in [0.25, 0.3) is 11.6 Å². The molecule has 0 aromatic heterocycles. The number of hydrogen-bond acceptors (Lipinski definition) is 6. The number of non-ortho nitro benzene ring substituents is 1. The number of rotatable bonds is 9. The lowest BCUT2D eigenvalue weighted by Gasteiger charge is -2.11. The predicted molar refractivity (Wildman–Crippen MR) is 142 cm³/mol. The molecule has 0 fully saturated rings. The van der Waals surface area contributed by atoms with Crippen LogP contribution in [0, 0.1) is 17.3 Å². The van der Waals surface area contributed by atoms with E-state index in [4.69, 9.17) is 9.47 Å². The number of nitro benzene ring substituents is 1. The first-order valence-corrected chi connectivity index (χ1v) is 11.9. The summed E-state index contributed by atoms with van der Waals surface area (Å²) in [4.78, 5) is 22.6. The number of nitrogens with zero attached hydrogens (tertiary/aromatic N) is 2. The van der Waals surface area contributed by atoms with Crippen molar-refractivity contribution in [1.29, 1.82) is 0 Å². The Labute approximate surface area is 217 Å². The van der Waals surface area contributed by atoms with E-state index < -0.39 is 4.92 Å². The van der Waals surface area contributed by atoms with Crippen molar-refractivity contribution in [2.45, 2.75) is 13.5 Å². The minimum atomic E-state index is -0.433. The molecule has 1 amide bonds. The van der Waals surface area contributed by atoms with E-state index in [1.807, 2.05) is 19.1 Å². The maximum absolute atomic E-state index is 12.2. The third-order valence-corrected chi connectivity index (χ3v) is 5.96. The summed E-state index contributed by atoms with van der Waals surface area (Å²) in [5.41, 5.74) is 4.67. The Balaban J connectivity index is 1.60. The maximum atomic E-state index is 12.2. The minimum Gasteiger partial charge on any atom is -0.494 e. The van der Waals surface area contributed by atoms with Gasteiger partial charge in [0.1, 0.15) is 18.1 Å². The van der Waals surface area contributed by atoms with Crippen molar-refractivity contribution in [3.63, 3.8) is 0 Å². The van der Waals surface area contributed by atoms with E-state index in [0.29, 0.717) is 23.7 Å². The summed E-state index contributed by atoms with van der Waals surface area (Å²) in [6.07, 6.45) is 1.57. The molecule has 1 N–H and O–H groups in total. The zero-order chi connectivity index (χ0) is 23.8. The Kier molecular flexibility index (Phi) is 9.00. The maximum Gasteiger partial charge on any atom is 0.271 e. The number of carbonyl (C=O) groups is 1. The molecular formula is C23H19I2N3O5. The topological polar surface area (TPSA) is 103 Å². The Morgan fingerprint density at radius 1 is 1.06 bits per heavy atom. The number of nitrogens with one attached hydrogen (secondary N) is 1. The zero-order valence-corrected chi connectivity index (χ0v) is 21.8. The normalized spacial score (nSPS) is 10.8. The van der Waals surface area contributed by atoms with Gasteiger partial charge in [0.2, 0.25) is 0 Å². The first-order chi connectivity index (χ1) is 15.9. The van der Waals surface area contributed by atoms with Crippen LogP contribution in [0.1, 0.15) is 28.4 Å². The monoisotopic (exact) mass is 671 g/mol. The van der Waals surface area contributed by atoms with E-state index in [9.17, 15) is 14.9 Å². The van der Waals surface area contributed by atoms with Crippen LogP contribution in [0.15, 0.2) is 65.8 Å². The fourth-order valence-corrected chi connectivity index (χ4v) is 4.89. The van der Waals surface area contributed by atoms with Gasteiger partial charge in [-0.25, -0.2) is 5.43 Å². The standard InChI is InChI=1S/C23H19I2N3O5/c1-2-32-19-9-5-17(6-10-19)23(29)27-26-13-16-11-20(24)22(21(25)12-16)33-14-15-3-7-18(8-4-15)28(30)31/h3-13H,2,14H2,1H3,(H,27,29)/b26-13+. The Bertz CT molecular complexity index is 1140. The van der Waals surface area contributed by atoms with Gasteiger partial charge in [-0.05, 0) is 112 Å². The molecule has 0 saturated carbocycles. The van der Waals surface area contributed by atoms with E-state index in [1.54, 1.807) is 42.6 Å². The van der Waals surface area contributed by atoms with Crippen LogP contribution in [0.25, 0.3) is 0 Å². The van der Waals surface area contributed by atoms with Crippen LogP contribution in [0.3, 0.4) is 0 Å². The van der Waals surface area contributed by atoms with Gasteiger partial charge < -0.3 is 9.47 Å². The van der Waals surface area contributed by atoms with Crippen molar-refractivity contribution in [2.75, 3.05) is 6.61 Å². The van der Waals surface area contributed by atoms with E-state index in [0.717, 1.165) is 18.3 Å². The molecule has 0 saturated heterocycles. The van der Waals surface area contributed by atoms with Crippen LogP contribution in [-0.4, -0.2) is 23.7 Å². The lowest BCUT2D eigenvalue weighted by molar-refractivity contribution is -0.384. The number of amides is 1. The quantitative estimate of drug-likeness (QED) is 0.139. The average molecular weight is 671 g/mol. The molecule has 0 aliphatic carbocycles. The molecule has 3 aromatic carbocycles. The summed E-state index contributed by atoms with van der Waals surface area (Å²) in [5, 5.41) is 14.8. The molecule has 0 unspecified atom stereocenters. The fourth-order valence-electron chi connectivity index (χ4n) is 2.76. The molecule has 0 bridgehead atoms. The molecular weight excluding hydrogens is 652 g/mol. The largest absolute Gasteiger partial charge is 0.494 e. The lowest BCUT2D eigenvalue weighted by Crippen LogP contribution is -2.17. The second-order valence-corrected chi connectivity index (χ2v) is 9.01. The smallest absolute Gasteiger partial charge is 0.271 e. The number of benzene rings is 3. The molecule has 0 heterocycles. The first-order valence-electron chi connectivity index (χ1n) is 9.79. The van der Waals surface area contributed by atoms with Gasteiger partial charge in [0.15, 0.2) is 0 Å². The van der Waals surface area contributed by atoms with Gasteiger partial charge in [-0.1, -0.05) is 0 Å². The number of hydrogen-bond donors (Lipinski definition) is 1. The highest BCUT2D eigenvalue weighted by Crippen LogP contribution is 2.29. The molecule has 0 atom stereocenters. The van der Waals surface area contributed by atoms with E-state index in [2.05, 4.69) is 55.7 Å². The Morgan fingerprint density at radius 2 is 1.70 bits per heavy atom. The summed E-state index contributed by atoms with van der Waals surface area (Å²) in [6, 6.07) is 16.9. The Hall–Kier alpha value is -2.74. The second-order valence-electron chi connectivity index (χ2n) is 6.68. The highest BCUT2D eigenvalue weighted by Gasteiger charge is 2.10. The first kappa shape index (κ1) is 24.9. The molecule has 0 aliphatic rings. The molecule has 8 nitrogen and oxygen atoms in total. The van der Waals surface area contributed by atoms with Crippen LogP contribution >= 0.6 is 45.2 Å². The van der Waals surface area contributed by atoms with Crippen molar-refractivity contribution in [2.24, 2.45) is 5.10 Å². The third kappa shape index (κ3) is 7.12. The van der Waals surface area contributed by atoms with Crippen molar-refractivity contribution in [3.8, 4) is 11.5 Å². The van der Waals surface area contributed by atoms with Gasteiger partial charge in [0, 0.05) is 17.7 Å². The minimum absolute atomic E-state index is 0.0427. The number of ether oxygens (including phenoxy) is 2. The molecule has 0 radical (unpaired) electrons. The molecule has 3 aromatic rings. The summed E-state index contributed by atoms with van der Waals surface area (Å²) >= 11 is 4.35. The van der Waals surface area contributed by atoms with Crippen molar-refractivity contribution >= 4 is 63.0 Å². The van der Waals surface area contributed by atoms with Gasteiger partial charge in [0.05, 0.1) is 24.9 Å².